The number of thiazole rings is 1. The lowest BCUT2D eigenvalue weighted by molar-refractivity contribution is 0.0990. The number of aryl methyl sites for hydroxylation is 1. The van der Waals surface area contributed by atoms with Gasteiger partial charge in [-0.1, -0.05) is 42.5 Å². The molecular formula is C28H16N2O3S. The third-order valence-electron chi connectivity index (χ3n) is 6.41. The van der Waals surface area contributed by atoms with Crippen molar-refractivity contribution < 1.29 is 14.0 Å². The lowest BCUT2D eigenvalue weighted by Crippen LogP contribution is -2.00. The first-order valence-corrected chi connectivity index (χ1v) is 11.7. The molecule has 3 aromatic carbocycles. The normalized spacial score (nSPS) is 13.5. The number of fused-ring (bicyclic) bond motifs is 4. The second kappa shape index (κ2) is 6.85. The van der Waals surface area contributed by atoms with Gasteiger partial charge in [-0.3, -0.25) is 9.59 Å². The molecule has 0 aliphatic heterocycles. The fourth-order valence-corrected chi connectivity index (χ4v) is 5.66. The second-order valence-corrected chi connectivity index (χ2v) is 9.50. The summed E-state index contributed by atoms with van der Waals surface area (Å²) < 4.78 is 8.96. The van der Waals surface area contributed by atoms with Crippen LogP contribution in [-0.2, 0) is 7.05 Å². The molecule has 6 heteroatoms. The Hall–Kier alpha value is -4.29. The quantitative estimate of drug-likeness (QED) is 0.214. The minimum atomic E-state index is -0.243. The number of hydrogen-bond donors (Lipinski definition) is 0. The first kappa shape index (κ1) is 19.2. The maximum absolute atomic E-state index is 13.1. The average Bonchev–Trinajstić information content (AvgIpc) is 3.58. The van der Waals surface area contributed by atoms with E-state index >= 15 is 0 Å². The van der Waals surface area contributed by atoms with Gasteiger partial charge in [0.15, 0.2) is 23.0 Å². The Labute approximate surface area is 197 Å². The Morgan fingerprint density at radius 3 is 2.15 bits per heavy atom. The molecule has 6 aromatic rings. The molecule has 1 aliphatic carbocycles. The Kier molecular flexibility index (Phi) is 3.87. The highest BCUT2D eigenvalue weighted by atomic mass is 32.1. The van der Waals surface area contributed by atoms with E-state index in [1.165, 1.54) is 11.3 Å². The van der Waals surface area contributed by atoms with Crippen LogP contribution < -0.4 is 0 Å². The van der Waals surface area contributed by atoms with Gasteiger partial charge < -0.3 is 8.98 Å². The van der Waals surface area contributed by atoms with Crippen LogP contribution in [0.25, 0.3) is 49.6 Å². The Morgan fingerprint density at radius 2 is 1.50 bits per heavy atom. The Morgan fingerprint density at radius 1 is 0.853 bits per heavy atom. The summed E-state index contributed by atoms with van der Waals surface area (Å²) in [5.74, 6) is 0.290. The number of furan rings is 1. The molecule has 0 saturated carbocycles. The predicted octanol–water partition coefficient (Wildman–Crippen LogP) is 6.66. The largest absolute Gasteiger partial charge is 0.455 e. The second-order valence-electron chi connectivity index (χ2n) is 8.44. The van der Waals surface area contributed by atoms with E-state index < -0.39 is 0 Å². The van der Waals surface area contributed by atoms with Crippen molar-refractivity contribution in [3.05, 3.63) is 94.5 Å². The molecule has 0 unspecified atom stereocenters. The van der Waals surface area contributed by atoms with Gasteiger partial charge in [0, 0.05) is 23.6 Å². The molecule has 5 nitrogen and oxygen atoms in total. The molecule has 0 fully saturated rings. The molecule has 0 amide bonds. The van der Waals surface area contributed by atoms with Gasteiger partial charge in [0.1, 0.15) is 10.6 Å². The standard InChI is InChI=1S/C28H16N2O3S/c1-30-21(23-12-17-8-4-5-9-22(17)33-23)14-24-28(30)29-25(34-24)13-20-26(31)18-10-15-6-2-3-7-16(15)11-19(18)27(20)32/h2-14H,1H3. The highest BCUT2D eigenvalue weighted by molar-refractivity contribution is 7.19. The molecule has 3 aromatic heterocycles. The number of carbonyl (C=O) groups is 2. The number of ketones is 2. The lowest BCUT2D eigenvalue weighted by Gasteiger charge is -2.00. The van der Waals surface area contributed by atoms with Gasteiger partial charge in [0.25, 0.3) is 0 Å². The molecule has 0 radical (unpaired) electrons. The molecule has 0 bridgehead atoms. The van der Waals surface area contributed by atoms with Crippen LogP contribution in [0.15, 0.2) is 82.8 Å². The van der Waals surface area contributed by atoms with E-state index in [1.807, 2.05) is 84.4 Å². The smallest absolute Gasteiger partial charge is 0.197 e. The zero-order valence-electron chi connectivity index (χ0n) is 18.0. The molecule has 34 heavy (non-hydrogen) atoms. The molecule has 162 valence electrons. The van der Waals surface area contributed by atoms with Crippen molar-refractivity contribution in [2.24, 2.45) is 7.05 Å². The highest BCUT2D eigenvalue weighted by Crippen LogP contribution is 2.36. The van der Waals surface area contributed by atoms with Crippen LogP contribution in [-0.4, -0.2) is 21.1 Å². The van der Waals surface area contributed by atoms with Crippen LogP contribution in [0.1, 0.15) is 25.7 Å². The number of nitrogens with zero attached hydrogens (tertiary/aromatic N) is 2. The number of aromatic nitrogens is 2. The van der Waals surface area contributed by atoms with Crippen molar-refractivity contribution in [2.45, 2.75) is 0 Å². The summed E-state index contributed by atoms with van der Waals surface area (Å²) in [6.07, 6.45) is 1.63. The first-order chi connectivity index (χ1) is 16.6. The van der Waals surface area contributed by atoms with Gasteiger partial charge >= 0.3 is 0 Å². The zero-order chi connectivity index (χ0) is 23.0. The minimum absolute atomic E-state index is 0.168. The number of hydrogen-bond acceptors (Lipinski definition) is 5. The van der Waals surface area contributed by atoms with Gasteiger partial charge in [-0.2, -0.15) is 0 Å². The number of rotatable bonds is 2. The van der Waals surface area contributed by atoms with Crippen molar-refractivity contribution >= 4 is 61.1 Å². The van der Waals surface area contributed by atoms with Gasteiger partial charge in [0.2, 0.25) is 0 Å². The van der Waals surface area contributed by atoms with Crippen molar-refractivity contribution in [1.29, 1.82) is 0 Å². The van der Waals surface area contributed by atoms with Gasteiger partial charge in [-0.15, -0.1) is 11.3 Å². The van der Waals surface area contributed by atoms with E-state index in [9.17, 15) is 9.59 Å². The summed E-state index contributed by atoms with van der Waals surface area (Å²) in [4.78, 5) is 30.9. The van der Waals surface area contributed by atoms with Crippen LogP contribution >= 0.6 is 11.3 Å². The van der Waals surface area contributed by atoms with Crippen molar-refractivity contribution in [2.75, 3.05) is 0 Å². The summed E-state index contributed by atoms with van der Waals surface area (Å²) in [5, 5.41) is 3.57. The molecule has 0 N–H and O–H groups in total. The summed E-state index contributed by atoms with van der Waals surface area (Å²) >= 11 is 1.45. The number of Topliss-reactive ketones (excluding diaryl/α,β-unsaturated/α-hetero) is 2. The Balaban J connectivity index is 1.29. The summed E-state index contributed by atoms with van der Waals surface area (Å²) in [5.41, 5.74) is 3.64. The first-order valence-electron chi connectivity index (χ1n) is 10.9. The van der Waals surface area contributed by atoms with Crippen LogP contribution in [0.5, 0.6) is 0 Å². The molecule has 7 rings (SSSR count). The number of para-hydroxylation sites is 1. The van der Waals surface area contributed by atoms with E-state index in [1.54, 1.807) is 6.08 Å². The van der Waals surface area contributed by atoms with E-state index in [2.05, 4.69) is 0 Å². The van der Waals surface area contributed by atoms with E-state index in [-0.39, 0.29) is 17.1 Å². The maximum atomic E-state index is 13.1. The number of allylic oxidation sites excluding steroid dienone is 1. The van der Waals surface area contributed by atoms with Gasteiger partial charge in [-0.25, -0.2) is 4.98 Å². The predicted molar refractivity (Wildman–Crippen MR) is 134 cm³/mol. The van der Waals surface area contributed by atoms with Crippen LogP contribution in [0.4, 0.5) is 0 Å². The number of carbonyl (C=O) groups excluding carboxylic acids is 2. The van der Waals surface area contributed by atoms with Crippen molar-refractivity contribution in [3.8, 4) is 11.5 Å². The monoisotopic (exact) mass is 460 g/mol. The third kappa shape index (κ3) is 2.69. The van der Waals surface area contributed by atoms with E-state index in [0.717, 1.165) is 43.5 Å². The van der Waals surface area contributed by atoms with E-state index in [4.69, 9.17) is 9.40 Å². The fraction of sp³-hybridized carbons (Fsp3) is 0.0357. The molecule has 3 heterocycles. The zero-order valence-corrected chi connectivity index (χ0v) is 18.8. The van der Waals surface area contributed by atoms with Crippen molar-refractivity contribution in [3.63, 3.8) is 0 Å². The maximum Gasteiger partial charge on any atom is 0.197 e. The Bertz CT molecular complexity index is 1780. The molecule has 0 spiro atoms. The average molecular weight is 461 g/mol. The fourth-order valence-electron chi connectivity index (χ4n) is 4.68. The number of benzene rings is 3. The molecule has 1 aliphatic rings. The van der Waals surface area contributed by atoms with Crippen LogP contribution in [0, 0.1) is 0 Å². The molecule has 0 atom stereocenters. The molecule has 0 saturated heterocycles. The van der Waals surface area contributed by atoms with Gasteiger partial charge in [0.05, 0.1) is 16.0 Å². The minimum Gasteiger partial charge on any atom is -0.455 e. The van der Waals surface area contributed by atoms with Crippen molar-refractivity contribution in [1.82, 2.24) is 9.55 Å². The summed E-state index contributed by atoms with van der Waals surface area (Å²) in [6, 6.07) is 23.3. The van der Waals surface area contributed by atoms with Crippen LogP contribution in [0.3, 0.4) is 0 Å². The SMILES string of the molecule is Cn1c(-c2cc3ccccc3o2)cc2sc(C=C3C(=O)c4cc5ccccc5cc4C3=O)nc21. The van der Waals surface area contributed by atoms with Crippen LogP contribution in [0.2, 0.25) is 0 Å². The summed E-state index contributed by atoms with van der Waals surface area (Å²) in [7, 11) is 1.94. The highest BCUT2D eigenvalue weighted by Gasteiger charge is 2.33. The van der Waals surface area contributed by atoms with Gasteiger partial charge in [-0.05, 0) is 47.2 Å². The molecular weight excluding hydrogens is 444 g/mol. The lowest BCUT2D eigenvalue weighted by atomic mass is 10.0. The topological polar surface area (TPSA) is 65.1 Å². The third-order valence-corrected chi connectivity index (χ3v) is 7.35. The van der Waals surface area contributed by atoms with E-state index in [0.29, 0.717) is 16.1 Å². The summed E-state index contributed by atoms with van der Waals surface area (Å²) in [6.45, 7) is 0.